The van der Waals surface area contributed by atoms with Crippen molar-refractivity contribution in [2.75, 3.05) is 32.8 Å². The minimum atomic E-state index is -0.000407. The van der Waals surface area contributed by atoms with E-state index in [0.717, 1.165) is 32.3 Å². The van der Waals surface area contributed by atoms with Crippen molar-refractivity contribution >= 4 is 11.9 Å². The molecule has 0 spiro atoms. The van der Waals surface area contributed by atoms with Gasteiger partial charge in [-0.25, -0.2) is 4.79 Å². The minimum absolute atomic E-state index is 0.000407. The third-order valence-corrected chi connectivity index (χ3v) is 5.04. The van der Waals surface area contributed by atoms with Crippen LogP contribution >= 0.6 is 0 Å². The van der Waals surface area contributed by atoms with Gasteiger partial charge in [0.25, 0.3) is 0 Å². The molecule has 0 radical (unpaired) electrons. The minimum Gasteiger partial charge on any atom is -0.381 e. The van der Waals surface area contributed by atoms with E-state index in [0.29, 0.717) is 26.2 Å². The lowest BCUT2D eigenvalue weighted by Crippen LogP contribution is -2.50. The van der Waals surface area contributed by atoms with Crippen molar-refractivity contribution in [3.63, 3.8) is 0 Å². The summed E-state index contributed by atoms with van der Waals surface area (Å²) in [6, 6.07) is 0.193. The third-order valence-electron chi connectivity index (χ3n) is 5.04. The molecule has 3 amide bonds. The molecule has 1 aliphatic heterocycles. The van der Waals surface area contributed by atoms with Crippen molar-refractivity contribution in [2.24, 2.45) is 5.92 Å². The van der Waals surface area contributed by atoms with Gasteiger partial charge in [0.15, 0.2) is 0 Å². The number of rotatable bonds is 13. The summed E-state index contributed by atoms with van der Waals surface area (Å²) in [5.74, 6) is 0.105. The molecule has 0 aromatic carbocycles. The van der Waals surface area contributed by atoms with Crippen LogP contribution in [0.4, 0.5) is 4.79 Å². The normalized spacial score (nSPS) is 15.2. The quantitative estimate of drug-likeness (QED) is 0.476. The molecule has 0 unspecified atom stereocenters. The van der Waals surface area contributed by atoms with Gasteiger partial charge < -0.3 is 20.3 Å². The van der Waals surface area contributed by atoms with Gasteiger partial charge in [0.2, 0.25) is 5.91 Å². The first-order chi connectivity index (χ1) is 13.0. The molecular weight excluding hydrogens is 342 g/mol. The lowest BCUT2D eigenvalue weighted by molar-refractivity contribution is -0.124. The van der Waals surface area contributed by atoms with Crippen LogP contribution in [0.15, 0.2) is 0 Å². The van der Waals surface area contributed by atoms with Crippen molar-refractivity contribution in [2.45, 2.75) is 84.6 Å². The smallest absolute Gasteiger partial charge is 0.317 e. The van der Waals surface area contributed by atoms with Crippen LogP contribution in [0.1, 0.15) is 78.6 Å². The average Bonchev–Trinajstić information content (AvgIpc) is 2.66. The Morgan fingerprint density at radius 2 is 1.63 bits per heavy atom. The molecule has 1 saturated heterocycles. The van der Waals surface area contributed by atoms with Crippen LogP contribution in [-0.2, 0) is 9.53 Å². The second-order valence-corrected chi connectivity index (χ2v) is 7.89. The number of hydrogen-bond acceptors (Lipinski definition) is 3. The van der Waals surface area contributed by atoms with Gasteiger partial charge in [-0.15, -0.1) is 0 Å². The van der Waals surface area contributed by atoms with Gasteiger partial charge in [-0.2, -0.15) is 0 Å². The number of carbonyl (C=O) groups is 2. The maximum Gasteiger partial charge on any atom is 0.317 e. The molecule has 27 heavy (non-hydrogen) atoms. The van der Waals surface area contributed by atoms with E-state index in [2.05, 4.69) is 17.6 Å². The zero-order chi connectivity index (χ0) is 19.9. The maximum absolute atomic E-state index is 12.2. The van der Waals surface area contributed by atoms with E-state index in [1.165, 1.54) is 32.1 Å². The molecule has 0 aromatic rings. The molecule has 6 heteroatoms. The van der Waals surface area contributed by atoms with E-state index >= 15 is 0 Å². The molecule has 6 nitrogen and oxygen atoms in total. The van der Waals surface area contributed by atoms with Crippen LogP contribution in [0, 0.1) is 5.92 Å². The Kier molecular flexibility index (Phi) is 12.9. The SMILES string of the molecule is CCCCCCCCOCCCNC(=O)N1CCC(NC(=O)C(C)C)CC1. The fraction of sp³-hybridized carbons (Fsp3) is 0.905. The first-order valence-corrected chi connectivity index (χ1v) is 11.0. The topological polar surface area (TPSA) is 70.7 Å². The molecule has 1 heterocycles. The van der Waals surface area contributed by atoms with E-state index in [1.54, 1.807) is 0 Å². The molecule has 0 saturated carbocycles. The molecule has 2 N–H and O–H groups in total. The lowest BCUT2D eigenvalue weighted by atomic mass is 10.0. The van der Waals surface area contributed by atoms with E-state index in [4.69, 9.17) is 4.74 Å². The Hall–Kier alpha value is -1.30. The van der Waals surface area contributed by atoms with Crippen molar-refractivity contribution < 1.29 is 14.3 Å². The lowest BCUT2D eigenvalue weighted by Gasteiger charge is -2.32. The number of unbranched alkanes of at least 4 members (excludes halogenated alkanes) is 5. The predicted molar refractivity (Wildman–Crippen MR) is 110 cm³/mol. The fourth-order valence-electron chi connectivity index (χ4n) is 3.16. The van der Waals surface area contributed by atoms with E-state index < -0.39 is 0 Å². The van der Waals surface area contributed by atoms with E-state index in [-0.39, 0.29) is 23.9 Å². The highest BCUT2D eigenvalue weighted by molar-refractivity contribution is 5.78. The molecule has 1 aliphatic rings. The summed E-state index contributed by atoms with van der Waals surface area (Å²) in [6.07, 6.45) is 10.2. The van der Waals surface area contributed by atoms with Crippen LogP contribution in [0.3, 0.4) is 0 Å². The van der Waals surface area contributed by atoms with Crippen LogP contribution < -0.4 is 10.6 Å². The van der Waals surface area contributed by atoms with Crippen molar-refractivity contribution in [1.29, 1.82) is 0 Å². The third kappa shape index (κ3) is 11.2. The highest BCUT2D eigenvalue weighted by Gasteiger charge is 2.24. The summed E-state index contributed by atoms with van der Waals surface area (Å²) in [7, 11) is 0. The summed E-state index contributed by atoms with van der Waals surface area (Å²) in [5, 5.41) is 6.03. The summed E-state index contributed by atoms with van der Waals surface area (Å²) < 4.78 is 5.63. The molecule has 0 aliphatic carbocycles. The maximum atomic E-state index is 12.2. The number of urea groups is 1. The number of carbonyl (C=O) groups excluding carboxylic acids is 2. The second-order valence-electron chi connectivity index (χ2n) is 7.89. The fourth-order valence-corrected chi connectivity index (χ4v) is 3.16. The molecule has 158 valence electrons. The summed E-state index contributed by atoms with van der Waals surface area (Å²) in [4.78, 5) is 25.8. The van der Waals surface area contributed by atoms with Crippen LogP contribution in [0.2, 0.25) is 0 Å². The zero-order valence-corrected chi connectivity index (χ0v) is 17.7. The average molecular weight is 384 g/mol. The molecule has 1 fully saturated rings. The standard InChI is InChI=1S/C21H41N3O3/c1-4-5-6-7-8-9-16-27-17-10-13-22-21(26)24-14-11-19(12-15-24)23-20(25)18(2)3/h18-19H,4-17H2,1-3H3,(H,22,26)(H,23,25). The zero-order valence-electron chi connectivity index (χ0n) is 17.7. The number of ether oxygens (including phenoxy) is 1. The first kappa shape index (κ1) is 23.7. The number of piperidine rings is 1. The van der Waals surface area contributed by atoms with Gasteiger partial charge in [0.05, 0.1) is 0 Å². The Bertz CT molecular complexity index is 407. The first-order valence-electron chi connectivity index (χ1n) is 11.0. The van der Waals surface area contributed by atoms with Crippen LogP contribution in [0.25, 0.3) is 0 Å². The summed E-state index contributed by atoms with van der Waals surface area (Å²) >= 11 is 0. The predicted octanol–water partition coefficient (Wildman–Crippen LogP) is 3.70. The van der Waals surface area contributed by atoms with Gasteiger partial charge in [-0.05, 0) is 25.7 Å². The Morgan fingerprint density at radius 3 is 2.30 bits per heavy atom. The highest BCUT2D eigenvalue weighted by Crippen LogP contribution is 2.11. The van der Waals surface area contributed by atoms with Gasteiger partial charge in [-0.3, -0.25) is 4.79 Å². The molecule has 0 atom stereocenters. The number of nitrogens with zero attached hydrogens (tertiary/aromatic N) is 1. The van der Waals surface area contributed by atoms with E-state index in [9.17, 15) is 9.59 Å². The Morgan fingerprint density at radius 1 is 1.00 bits per heavy atom. The summed E-state index contributed by atoms with van der Waals surface area (Å²) in [6.45, 7) is 9.61. The van der Waals surface area contributed by atoms with Crippen molar-refractivity contribution in [3.05, 3.63) is 0 Å². The van der Waals surface area contributed by atoms with Gasteiger partial charge in [0, 0.05) is 44.8 Å². The molecule has 1 rings (SSSR count). The second kappa shape index (κ2) is 14.7. The number of hydrogen-bond donors (Lipinski definition) is 2. The molecule has 0 aromatic heterocycles. The largest absolute Gasteiger partial charge is 0.381 e. The molecular formula is C21H41N3O3. The van der Waals surface area contributed by atoms with Gasteiger partial charge in [-0.1, -0.05) is 52.9 Å². The van der Waals surface area contributed by atoms with Crippen molar-refractivity contribution in [3.8, 4) is 0 Å². The number of nitrogens with one attached hydrogen (secondary N) is 2. The summed E-state index contributed by atoms with van der Waals surface area (Å²) in [5.41, 5.74) is 0. The van der Waals surface area contributed by atoms with Crippen LogP contribution in [0.5, 0.6) is 0 Å². The van der Waals surface area contributed by atoms with Crippen LogP contribution in [-0.4, -0.2) is 55.7 Å². The number of amides is 3. The Labute approximate surface area is 165 Å². The van der Waals surface area contributed by atoms with Crippen molar-refractivity contribution in [1.82, 2.24) is 15.5 Å². The van der Waals surface area contributed by atoms with Gasteiger partial charge >= 0.3 is 6.03 Å². The molecule has 0 bridgehead atoms. The number of likely N-dealkylation sites (tertiary alicyclic amines) is 1. The van der Waals surface area contributed by atoms with E-state index in [1.807, 2.05) is 18.7 Å². The van der Waals surface area contributed by atoms with Gasteiger partial charge in [0.1, 0.15) is 0 Å². The Balaban J connectivity index is 1.96. The monoisotopic (exact) mass is 383 g/mol. The highest BCUT2D eigenvalue weighted by atomic mass is 16.5.